The van der Waals surface area contributed by atoms with Crippen molar-refractivity contribution < 1.29 is 113 Å². The standard InChI is InChI=1S/C62H92IN11O23/c63-45-35-43(18-21-49(45)77)57(69-52(80)22-20-48(61(91)92)74-32-30-72(37-56(85)86)27-26-71(36-55(83)84)28-29-73(31-33-74)39-95-40-75)59(88)67-47(34-42-12-4-3-5-13-42)58(87)66-44(38-97-94)14-8-10-24-64-50(78)15-6-1-2-7-16-51(79)65-25-11-9-17-53(96-41-76)70-62(93)68-46(60(89)90)19-23-54(81)82/h3-5,12-13,18,21,35,40-41,44,46-48,53,57,77,94H,1-2,6-11,14-17,19-20,22-34,36-39H2,(H,64,78)(H,65,79)(H,66,87)(H,67,88)(H,69,80)(H,81,82)(H,83,84)(H,85,86)(H,89,90)(H,91,92)(H2,68,70,93)/t44?,46-,47-,48?,53+,57-/m0/s1. The minimum atomic E-state index is -1.51. The van der Waals surface area contributed by atoms with Gasteiger partial charge in [0.2, 0.25) is 29.5 Å². The first-order valence-corrected chi connectivity index (χ1v) is 32.9. The van der Waals surface area contributed by atoms with Crippen molar-refractivity contribution in [1.82, 2.24) is 56.8 Å². The minimum absolute atomic E-state index is 0.00708. The summed E-state index contributed by atoms with van der Waals surface area (Å²) in [6.07, 6.45) is 2.49. The average molecular weight is 1490 g/mol. The van der Waals surface area contributed by atoms with Crippen LogP contribution in [0.15, 0.2) is 48.5 Å². The highest BCUT2D eigenvalue weighted by Gasteiger charge is 2.33. The van der Waals surface area contributed by atoms with Gasteiger partial charge in [-0.15, -0.1) is 0 Å². The van der Waals surface area contributed by atoms with Crippen LogP contribution in [-0.2, 0) is 78.3 Å². The molecule has 0 spiro atoms. The summed E-state index contributed by atoms with van der Waals surface area (Å²) >= 11 is 1.84. The number of hydrogen-bond acceptors (Lipinski definition) is 22. The van der Waals surface area contributed by atoms with Gasteiger partial charge in [-0.2, -0.15) is 0 Å². The number of aromatic hydroxyl groups is 1. The fourth-order valence-corrected chi connectivity index (χ4v) is 10.9. The van der Waals surface area contributed by atoms with E-state index in [0.29, 0.717) is 73.6 Å². The maximum Gasteiger partial charge on any atom is 0.326 e. The molecule has 2 unspecified atom stereocenters. The topological polar surface area (TPSA) is 488 Å². The molecule has 0 saturated carbocycles. The molecule has 1 fully saturated rings. The van der Waals surface area contributed by atoms with Gasteiger partial charge in [-0.05, 0) is 104 Å². The molecular weight excluding hydrogens is 1390 g/mol. The lowest BCUT2D eigenvalue weighted by Crippen LogP contribution is -2.54. The van der Waals surface area contributed by atoms with Crippen molar-refractivity contribution >= 4 is 101 Å². The number of urea groups is 1. The summed E-state index contributed by atoms with van der Waals surface area (Å²) in [5.41, 5.74) is 0.836. The number of halogens is 1. The van der Waals surface area contributed by atoms with Crippen LogP contribution in [0.3, 0.4) is 0 Å². The van der Waals surface area contributed by atoms with Gasteiger partial charge < -0.3 is 77.3 Å². The van der Waals surface area contributed by atoms with Gasteiger partial charge in [-0.25, -0.2) is 14.5 Å². The van der Waals surface area contributed by atoms with Gasteiger partial charge in [0, 0.05) is 104 Å². The fraction of sp³-hybridized carbons (Fsp3) is 0.597. The SMILES string of the molecule is O=COCN1CCN(CC(=O)O)CCN(CC(=O)O)CCN(C(CCC(=O)N[C@H](C(=O)N[C@@H](Cc2ccccc2)C(=O)NC(CCCCNC(=O)CCCCCCC(=O)NCCCC[C@H](NC(=O)N[C@@H](CCC(=O)O)C(=O)O)OC=O)COO)c2ccc(O)c(I)c2)C(=O)O)CC1. The number of phenolic OH excluding ortho intramolecular Hbond substituents is 1. The number of nitrogens with zero attached hydrogens (tertiary/aromatic N) is 4. The van der Waals surface area contributed by atoms with Crippen LogP contribution in [0.4, 0.5) is 4.79 Å². The Morgan fingerprint density at radius 1 is 0.546 bits per heavy atom. The predicted molar refractivity (Wildman–Crippen MR) is 351 cm³/mol. The maximum absolute atomic E-state index is 14.6. The van der Waals surface area contributed by atoms with E-state index >= 15 is 0 Å². The van der Waals surface area contributed by atoms with E-state index in [9.17, 15) is 93.1 Å². The van der Waals surface area contributed by atoms with E-state index in [1.165, 1.54) is 18.2 Å². The zero-order valence-electron chi connectivity index (χ0n) is 54.0. The lowest BCUT2D eigenvalue weighted by atomic mass is 10.0. The Bertz CT molecular complexity index is 2850. The van der Waals surface area contributed by atoms with Crippen LogP contribution in [0.1, 0.15) is 120 Å². The van der Waals surface area contributed by atoms with E-state index in [4.69, 9.17) is 14.6 Å². The van der Waals surface area contributed by atoms with Crippen LogP contribution >= 0.6 is 22.6 Å². The van der Waals surface area contributed by atoms with Crippen LogP contribution in [0.2, 0.25) is 0 Å². The first-order chi connectivity index (χ1) is 46.4. The zero-order chi connectivity index (χ0) is 71.5. The zero-order valence-corrected chi connectivity index (χ0v) is 56.1. The number of phenols is 1. The van der Waals surface area contributed by atoms with Crippen molar-refractivity contribution in [1.29, 1.82) is 0 Å². The van der Waals surface area contributed by atoms with Crippen molar-refractivity contribution in [3.05, 3.63) is 63.2 Å². The average Bonchev–Trinajstić information content (AvgIpc) is 0.907. The van der Waals surface area contributed by atoms with Crippen LogP contribution < -0.4 is 37.2 Å². The highest BCUT2D eigenvalue weighted by atomic mass is 127. The Balaban J connectivity index is 1.56. The molecule has 97 heavy (non-hydrogen) atoms. The number of carboxylic acids is 5. The first kappa shape index (κ1) is 82.9. The molecule has 0 bridgehead atoms. The number of hydrogen-bond donors (Lipinski definition) is 14. The van der Waals surface area contributed by atoms with Crippen molar-refractivity contribution in [2.45, 2.75) is 146 Å². The smallest absolute Gasteiger partial charge is 0.326 e. The molecule has 35 heteroatoms. The summed E-state index contributed by atoms with van der Waals surface area (Å²) in [6, 6.07) is 5.50. The Morgan fingerprint density at radius 3 is 1.68 bits per heavy atom. The van der Waals surface area contributed by atoms with Crippen molar-refractivity contribution in [3.63, 3.8) is 0 Å². The Hall–Kier alpha value is -8.36. The summed E-state index contributed by atoms with van der Waals surface area (Å²) in [5, 5.41) is 86.3. The molecule has 34 nitrogen and oxygen atoms in total. The molecule has 0 aliphatic carbocycles. The quantitative estimate of drug-likeness (QED) is 0.0108. The summed E-state index contributed by atoms with van der Waals surface area (Å²) in [4.78, 5) is 172. The van der Waals surface area contributed by atoms with Crippen LogP contribution in [0.5, 0.6) is 5.75 Å². The van der Waals surface area contributed by atoms with Crippen LogP contribution in [0.25, 0.3) is 0 Å². The largest absolute Gasteiger partial charge is 0.507 e. The molecule has 1 heterocycles. The van der Waals surface area contributed by atoms with Gasteiger partial charge in [0.25, 0.3) is 12.9 Å². The summed E-state index contributed by atoms with van der Waals surface area (Å²) in [6.45, 7) is 0.473. The molecular formula is C62H92IN11O23. The monoisotopic (exact) mass is 1490 g/mol. The Kier molecular flexibility index (Phi) is 40.6. The number of carbonyl (C=O) groups excluding carboxylic acids is 8. The summed E-state index contributed by atoms with van der Waals surface area (Å²) < 4.78 is 10.2. The van der Waals surface area contributed by atoms with Crippen LogP contribution in [-0.4, -0.2) is 256 Å². The normalized spacial score (nSPS) is 15.3. The van der Waals surface area contributed by atoms with E-state index in [1.54, 1.807) is 49.9 Å². The van der Waals surface area contributed by atoms with Gasteiger partial charge in [0.05, 0.1) is 22.7 Å². The number of carbonyl (C=O) groups is 13. The van der Waals surface area contributed by atoms with Gasteiger partial charge in [-0.3, -0.25) is 77.6 Å². The number of nitrogens with one attached hydrogen (secondary N) is 7. The molecule has 1 aliphatic rings. The molecule has 14 N–H and O–H groups in total. The lowest BCUT2D eigenvalue weighted by Gasteiger charge is -2.35. The fourth-order valence-electron chi connectivity index (χ4n) is 10.3. The lowest BCUT2D eigenvalue weighted by molar-refractivity contribution is -0.246. The van der Waals surface area contributed by atoms with Crippen LogP contribution in [0, 0.1) is 3.57 Å². The van der Waals surface area contributed by atoms with E-state index in [0.717, 1.165) is 0 Å². The maximum atomic E-state index is 14.6. The van der Waals surface area contributed by atoms with Crippen molar-refractivity contribution in [3.8, 4) is 5.75 Å². The van der Waals surface area contributed by atoms with Gasteiger partial charge in [0.15, 0.2) is 6.23 Å². The predicted octanol–water partition coefficient (Wildman–Crippen LogP) is 0.641. The van der Waals surface area contributed by atoms with Crippen molar-refractivity contribution in [2.24, 2.45) is 0 Å². The summed E-state index contributed by atoms with van der Waals surface area (Å²) in [7, 11) is 0. The molecule has 0 radical (unpaired) electrons. The third kappa shape index (κ3) is 36.0. The number of carboxylic acid groups (broad SMARTS) is 5. The molecule has 3 rings (SSSR count). The van der Waals surface area contributed by atoms with E-state index < -0.39 is 109 Å². The van der Waals surface area contributed by atoms with E-state index in [1.807, 2.05) is 22.6 Å². The Labute approximate surface area is 574 Å². The first-order valence-electron chi connectivity index (χ1n) is 31.9. The molecule has 2 aromatic carbocycles. The Morgan fingerprint density at radius 2 is 1.13 bits per heavy atom. The number of amides is 7. The molecule has 540 valence electrons. The van der Waals surface area contributed by atoms with Crippen molar-refractivity contribution in [2.75, 3.05) is 91.9 Å². The second-order valence-corrected chi connectivity index (χ2v) is 24.2. The molecule has 0 aromatic heterocycles. The second kappa shape index (κ2) is 47.5. The summed E-state index contributed by atoms with van der Waals surface area (Å²) in [5.74, 6) is -9.05. The third-order valence-electron chi connectivity index (χ3n) is 15.5. The number of benzene rings is 2. The number of aliphatic carboxylic acids is 5. The highest BCUT2D eigenvalue weighted by Crippen LogP contribution is 2.25. The van der Waals surface area contributed by atoms with E-state index in [2.05, 4.69) is 42.1 Å². The van der Waals surface area contributed by atoms with E-state index in [-0.39, 0.29) is 153 Å². The second-order valence-electron chi connectivity index (χ2n) is 23.0. The molecule has 1 aliphatic heterocycles. The van der Waals surface area contributed by atoms with Gasteiger partial charge in [0.1, 0.15) is 43.3 Å². The number of unbranched alkanes of at least 4 members (excludes halogenated alkanes) is 5. The van der Waals surface area contributed by atoms with Gasteiger partial charge in [-0.1, -0.05) is 49.2 Å². The molecule has 6 atom stereocenters. The minimum Gasteiger partial charge on any atom is -0.507 e. The highest BCUT2D eigenvalue weighted by molar-refractivity contribution is 14.1. The molecule has 7 amide bonds. The third-order valence-corrected chi connectivity index (χ3v) is 16.4. The number of ether oxygens (including phenoxy) is 2. The molecule has 2 aromatic rings. The van der Waals surface area contributed by atoms with Gasteiger partial charge >= 0.3 is 35.9 Å². The number of rotatable bonds is 47. The molecule has 1 saturated heterocycles.